The summed E-state index contributed by atoms with van der Waals surface area (Å²) in [5, 5.41) is 0.871. The molecule has 7 heteroatoms. The SMILES string of the molecule is CC(C)(C)c1ccc(C(=O)N2CCN(C(=O)COc3ccc(Cl)cc3Cl)CC2)cc1. The molecule has 1 fully saturated rings. The molecule has 0 bridgehead atoms. The van der Waals surface area contributed by atoms with Gasteiger partial charge in [0.1, 0.15) is 5.75 Å². The van der Waals surface area contributed by atoms with Crippen molar-refractivity contribution in [1.29, 1.82) is 0 Å². The van der Waals surface area contributed by atoms with Crippen molar-refractivity contribution in [2.75, 3.05) is 32.8 Å². The molecule has 30 heavy (non-hydrogen) atoms. The van der Waals surface area contributed by atoms with Gasteiger partial charge in [0.15, 0.2) is 6.61 Å². The van der Waals surface area contributed by atoms with Crippen LogP contribution in [0.1, 0.15) is 36.7 Å². The summed E-state index contributed by atoms with van der Waals surface area (Å²) in [5.74, 6) is 0.274. The summed E-state index contributed by atoms with van der Waals surface area (Å²) >= 11 is 11.9. The van der Waals surface area contributed by atoms with Crippen LogP contribution < -0.4 is 4.74 Å². The summed E-state index contributed by atoms with van der Waals surface area (Å²) in [4.78, 5) is 28.7. The van der Waals surface area contributed by atoms with Gasteiger partial charge < -0.3 is 14.5 Å². The zero-order valence-corrected chi connectivity index (χ0v) is 19.0. The number of amides is 2. The van der Waals surface area contributed by atoms with E-state index in [1.807, 2.05) is 24.3 Å². The van der Waals surface area contributed by atoms with E-state index in [0.29, 0.717) is 47.5 Å². The quantitative estimate of drug-likeness (QED) is 0.683. The molecule has 0 aromatic heterocycles. The lowest BCUT2D eigenvalue weighted by Gasteiger charge is -2.34. The molecule has 0 spiro atoms. The summed E-state index contributed by atoms with van der Waals surface area (Å²) in [6.45, 7) is 8.26. The minimum absolute atomic E-state index is 0.00763. The molecule has 0 unspecified atom stereocenters. The fourth-order valence-corrected chi connectivity index (χ4v) is 3.74. The van der Waals surface area contributed by atoms with Gasteiger partial charge in [0.2, 0.25) is 0 Å². The van der Waals surface area contributed by atoms with E-state index >= 15 is 0 Å². The van der Waals surface area contributed by atoms with Gasteiger partial charge in [0.05, 0.1) is 5.02 Å². The first-order chi connectivity index (χ1) is 14.1. The maximum absolute atomic E-state index is 12.8. The number of carbonyl (C=O) groups is 2. The van der Waals surface area contributed by atoms with Crippen LogP contribution in [0.5, 0.6) is 5.75 Å². The van der Waals surface area contributed by atoms with Gasteiger partial charge in [-0.15, -0.1) is 0 Å². The van der Waals surface area contributed by atoms with Crippen molar-refractivity contribution in [2.45, 2.75) is 26.2 Å². The summed E-state index contributed by atoms with van der Waals surface area (Å²) in [7, 11) is 0. The molecule has 2 aromatic carbocycles. The highest BCUT2D eigenvalue weighted by Gasteiger charge is 2.25. The first-order valence-electron chi connectivity index (χ1n) is 9.90. The molecule has 0 radical (unpaired) electrons. The molecule has 1 aliphatic heterocycles. The Balaban J connectivity index is 1.51. The average molecular weight is 449 g/mol. The second kappa shape index (κ2) is 9.27. The van der Waals surface area contributed by atoms with Crippen LogP contribution in [-0.4, -0.2) is 54.4 Å². The van der Waals surface area contributed by atoms with Gasteiger partial charge in [0.25, 0.3) is 11.8 Å². The highest BCUT2D eigenvalue weighted by Crippen LogP contribution is 2.27. The minimum Gasteiger partial charge on any atom is -0.482 e. The standard InChI is InChI=1S/C23H26Cl2N2O3/c1-23(2,3)17-6-4-16(5-7-17)22(29)27-12-10-26(11-13-27)21(28)15-30-20-9-8-18(24)14-19(20)25/h4-9,14H,10-13,15H2,1-3H3. The van der Waals surface area contributed by atoms with Crippen molar-refractivity contribution < 1.29 is 14.3 Å². The van der Waals surface area contributed by atoms with Crippen molar-refractivity contribution >= 4 is 35.0 Å². The second-order valence-corrected chi connectivity index (χ2v) is 9.21. The second-order valence-electron chi connectivity index (χ2n) is 8.36. The molecule has 0 N–H and O–H groups in total. The lowest BCUT2D eigenvalue weighted by molar-refractivity contribution is -0.134. The third-order valence-corrected chi connectivity index (χ3v) is 5.69. The van der Waals surface area contributed by atoms with Crippen molar-refractivity contribution in [2.24, 2.45) is 0 Å². The Morgan fingerprint density at radius 1 is 0.933 bits per heavy atom. The number of halogens is 2. The lowest BCUT2D eigenvalue weighted by Crippen LogP contribution is -2.51. The first-order valence-corrected chi connectivity index (χ1v) is 10.7. The highest BCUT2D eigenvalue weighted by molar-refractivity contribution is 6.35. The number of rotatable bonds is 4. The van der Waals surface area contributed by atoms with Crippen LogP contribution in [-0.2, 0) is 10.2 Å². The number of hydrogen-bond acceptors (Lipinski definition) is 3. The number of ether oxygens (including phenoxy) is 1. The molecule has 2 amide bonds. The van der Waals surface area contributed by atoms with Crippen molar-refractivity contribution in [3.05, 3.63) is 63.6 Å². The Morgan fingerprint density at radius 2 is 1.53 bits per heavy atom. The van der Waals surface area contributed by atoms with Gasteiger partial charge in [-0.1, -0.05) is 56.1 Å². The normalized spacial score (nSPS) is 14.6. The predicted molar refractivity (Wildman–Crippen MR) is 120 cm³/mol. The van der Waals surface area contributed by atoms with Crippen LogP contribution in [0.2, 0.25) is 10.0 Å². The molecule has 0 aliphatic carbocycles. The summed E-state index contributed by atoms with van der Waals surface area (Å²) in [5.41, 5.74) is 1.91. The van der Waals surface area contributed by atoms with E-state index in [4.69, 9.17) is 27.9 Å². The first kappa shape index (κ1) is 22.4. The molecule has 0 saturated carbocycles. The molecule has 160 valence electrons. The monoisotopic (exact) mass is 448 g/mol. The van der Waals surface area contributed by atoms with Crippen LogP contribution in [0.3, 0.4) is 0 Å². The van der Waals surface area contributed by atoms with Crippen LogP contribution in [0.15, 0.2) is 42.5 Å². The average Bonchev–Trinajstić information content (AvgIpc) is 2.72. The fraction of sp³-hybridized carbons (Fsp3) is 0.391. The van der Waals surface area contributed by atoms with E-state index in [9.17, 15) is 9.59 Å². The number of hydrogen-bond donors (Lipinski definition) is 0. The molecule has 3 rings (SSSR count). The third-order valence-electron chi connectivity index (χ3n) is 5.16. The zero-order chi connectivity index (χ0) is 21.9. The van der Waals surface area contributed by atoms with E-state index in [0.717, 1.165) is 0 Å². The molecular formula is C23H26Cl2N2O3. The topological polar surface area (TPSA) is 49.9 Å². The molecule has 1 heterocycles. The van der Waals surface area contributed by atoms with Crippen molar-refractivity contribution in [3.63, 3.8) is 0 Å². The predicted octanol–water partition coefficient (Wildman–Crippen LogP) is 4.65. The number of nitrogens with zero attached hydrogens (tertiary/aromatic N) is 2. The molecule has 0 atom stereocenters. The summed E-state index contributed by atoms with van der Waals surface area (Å²) in [6.07, 6.45) is 0. The number of carbonyl (C=O) groups excluding carboxylic acids is 2. The molecule has 1 aliphatic rings. The van der Waals surface area contributed by atoms with Gasteiger partial charge >= 0.3 is 0 Å². The lowest BCUT2D eigenvalue weighted by atomic mass is 9.86. The van der Waals surface area contributed by atoms with Gasteiger partial charge in [-0.05, 0) is 41.3 Å². The maximum atomic E-state index is 12.8. The van der Waals surface area contributed by atoms with E-state index < -0.39 is 0 Å². The van der Waals surface area contributed by atoms with Crippen molar-refractivity contribution in [3.8, 4) is 5.75 Å². The van der Waals surface area contributed by atoms with Crippen LogP contribution >= 0.6 is 23.2 Å². The summed E-state index contributed by atoms with van der Waals surface area (Å²) < 4.78 is 5.53. The Bertz CT molecular complexity index is 915. The van der Waals surface area contributed by atoms with E-state index in [2.05, 4.69) is 20.8 Å². The van der Waals surface area contributed by atoms with Crippen LogP contribution in [0.25, 0.3) is 0 Å². The van der Waals surface area contributed by atoms with Gasteiger partial charge in [-0.3, -0.25) is 9.59 Å². The minimum atomic E-state index is -0.136. The molecule has 2 aromatic rings. The van der Waals surface area contributed by atoms with Crippen LogP contribution in [0, 0.1) is 0 Å². The van der Waals surface area contributed by atoms with E-state index in [1.54, 1.807) is 28.0 Å². The van der Waals surface area contributed by atoms with E-state index in [-0.39, 0.29) is 23.8 Å². The van der Waals surface area contributed by atoms with Crippen LogP contribution in [0.4, 0.5) is 0 Å². The maximum Gasteiger partial charge on any atom is 0.260 e. The summed E-state index contributed by atoms with van der Waals surface area (Å²) in [6, 6.07) is 12.6. The van der Waals surface area contributed by atoms with E-state index in [1.165, 1.54) is 5.56 Å². The van der Waals surface area contributed by atoms with Crippen molar-refractivity contribution in [1.82, 2.24) is 9.80 Å². The Morgan fingerprint density at radius 3 is 2.10 bits per heavy atom. The van der Waals surface area contributed by atoms with Gasteiger partial charge in [0, 0.05) is 36.8 Å². The Labute approximate surface area is 187 Å². The molecule has 5 nitrogen and oxygen atoms in total. The molecular weight excluding hydrogens is 423 g/mol. The Hall–Kier alpha value is -2.24. The zero-order valence-electron chi connectivity index (χ0n) is 17.5. The van der Waals surface area contributed by atoms with Gasteiger partial charge in [-0.2, -0.15) is 0 Å². The smallest absolute Gasteiger partial charge is 0.260 e. The number of benzene rings is 2. The Kier molecular flexibility index (Phi) is 6.94. The molecule has 1 saturated heterocycles. The largest absolute Gasteiger partial charge is 0.482 e. The highest BCUT2D eigenvalue weighted by atomic mass is 35.5. The number of piperazine rings is 1. The fourth-order valence-electron chi connectivity index (χ4n) is 3.28. The third kappa shape index (κ3) is 5.46. The van der Waals surface area contributed by atoms with Gasteiger partial charge in [-0.25, -0.2) is 0 Å².